The Balaban J connectivity index is 1.96. The highest BCUT2D eigenvalue weighted by atomic mass is 79.9. The van der Waals surface area contributed by atoms with Gasteiger partial charge in [0.1, 0.15) is 0 Å². The minimum absolute atomic E-state index is 0.257. The summed E-state index contributed by atoms with van der Waals surface area (Å²) in [6, 6.07) is 17.0. The maximum absolute atomic E-state index is 11.9. The summed E-state index contributed by atoms with van der Waals surface area (Å²) >= 11 is 6.71. The van der Waals surface area contributed by atoms with E-state index in [4.69, 9.17) is 0 Å². The Hall–Kier alpha value is -1.72. The molecule has 1 amide bonds. The summed E-state index contributed by atoms with van der Waals surface area (Å²) < 4.78 is 1.62. The molecular weight excluding hydrogens is 396 g/mol. The Kier molecular flexibility index (Phi) is 5.90. The summed E-state index contributed by atoms with van der Waals surface area (Å²) in [6.07, 6.45) is 3.46. The van der Waals surface area contributed by atoms with Crippen molar-refractivity contribution in [2.75, 3.05) is 0 Å². The Bertz CT molecular complexity index is 682. The van der Waals surface area contributed by atoms with Crippen molar-refractivity contribution in [2.45, 2.75) is 0 Å². The van der Waals surface area contributed by atoms with Crippen molar-refractivity contribution in [3.05, 3.63) is 74.7 Å². The molecule has 2 rings (SSSR count). The first-order valence-electron chi connectivity index (χ1n) is 6.16. The number of carbonyl (C=O) groups is 1. The van der Waals surface area contributed by atoms with Crippen LogP contribution < -0.4 is 5.43 Å². The summed E-state index contributed by atoms with van der Waals surface area (Å²) in [5.74, 6) is -0.257. The second-order valence-electron chi connectivity index (χ2n) is 4.15. The molecule has 5 heteroatoms. The lowest BCUT2D eigenvalue weighted by atomic mass is 10.2. The van der Waals surface area contributed by atoms with Crippen LogP contribution in [0.25, 0.3) is 6.08 Å². The molecule has 0 saturated carbocycles. The van der Waals surface area contributed by atoms with Crippen LogP contribution in [-0.2, 0) is 0 Å². The van der Waals surface area contributed by atoms with Crippen LogP contribution in [0.3, 0.4) is 0 Å². The normalized spacial score (nSPS) is 11.6. The van der Waals surface area contributed by atoms with Crippen LogP contribution in [-0.4, -0.2) is 12.1 Å². The minimum atomic E-state index is -0.257. The van der Waals surface area contributed by atoms with E-state index >= 15 is 0 Å². The zero-order chi connectivity index (χ0) is 15.1. The maximum atomic E-state index is 11.9. The van der Waals surface area contributed by atoms with Gasteiger partial charge in [-0.3, -0.25) is 4.79 Å². The second-order valence-corrected chi connectivity index (χ2v) is 5.98. The van der Waals surface area contributed by atoms with E-state index in [0.717, 1.165) is 14.5 Å². The number of hydrogen-bond acceptors (Lipinski definition) is 2. The van der Waals surface area contributed by atoms with E-state index in [0.29, 0.717) is 5.56 Å². The third-order valence-corrected chi connectivity index (χ3v) is 3.47. The number of hydrazone groups is 1. The molecule has 3 nitrogen and oxygen atoms in total. The number of carbonyl (C=O) groups excluding carboxylic acids is 1. The van der Waals surface area contributed by atoms with E-state index in [2.05, 4.69) is 42.4 Å². The van der Waals surface area contributed by atoms with Crippen LogP contribution in [0.5, 0.6) is 0 Å². The van der Waals surface area contributed by atoms with Crippen molar-refractivity contribution in [2.24, 2.45) is 5.10 Å². The van der Waals surface area contributed by atoms with Crippen LogP contribution in [0.4, 0.5) is 0 Å². The molecule has 1 N–H and O–H groups in total. The highest BCUT2D eigenvalue weighted by Gasteiger charge is 2.03. The summed E-state index contributed by atoms with van der Waals surface area (Å²) in [5.41, 5.74) is 4.08. The van der Waals surface area contributed by atoms with E-state index in [1.165, 1.54) is 0 Å². The molecule has 0 aliphatic carbocycles. The van der Waals surface area contributed by atoms with Gasteiger partial charge in [-0.05, 0) is 45.8 Å². The van der Waals surface area contributed by atoms with E-state index in [9.17, 15) is 4.79 Å². The molecule has 0 saturated heterocycles. The first-order valence-corrected chi connectivity index (χ1v) is 7.75. The molecule has 0 spiro atoms. The molecule has 0 bridgehead atoms. The average molecular weight is 408 g/mol. The Labute approximate surface area is 140 Å². The Morgan fingerprint density at radius 2 is 1.86 bits per heavy atom. The predicted octanol–water partition coefficient (Wildman–Crippen LogP) is 4.60. The van der Waals surface area contributed by atoms with Crippen molar-refractivity contribution in [3.63, 3.8) is 0 Å². The van der Waals surface area contributed by atoms with Gasteiger partial charge in [-0.15, -0.1) is 0 Å². The van der Waals surface area contributed by atoms with Crippen LogP contribution in [0.2, 0.25) is 0 Å². The third-order valence-electron chi connectivity index (χ3n) is 2.54. The first kappa shape index (κ1) is 15.7. The van der Waals surface area contributed by atoms with Gasteiger partial charge in [0.15, 0.2) is 0 Å². The van der Waals surface area contributed by atoms with E-state index in [1.54, 1.807) is 24.4 Å². The highest BCUT2D eigenvalue weighted by Crippen LogP contribution is 2.12. The standard InChI is InChI=1S/C16H12Br2N2O/c17-14-8-4-7-13(10-14)16(21)20-19-11-15(18)9-12-5-2-1-3-6-12/h1-11H,(H,20,21). The predicted molar refractivity (Wildman–Crippen MR) is 93.4 cm³/mol. The molecule has 0 heterocycles. The summed E-state index contributed by atoms with van der Waals surface area (Å²) in [7, 11) is 0. The summed E-state index contributed by atoms with van der Waals surface area (Å²) in [5, 5.41) is 3.92. The minimum Gasteiger partial charge on any atom is -0.267 e. The van der Waals surface area contributed by atoms with Crippen molar-refractivity contribution in [3.8, 4) is 0 Å². The van der Waals surface area contributed by atoms with Crippen LogP contribution in [0, 0.1) is 0 Å². The van der Waals surface area contributed by atoms with Crippen LogP contribution in [0.1, 0.15) is 15.9 Å². The molecule has 0 radical (unpaired) electrons. The number of hydrogen-bond donors (Lipinski definition) is 1. The lowest BCUT2D eigenvalue weighted by Crippen LogP contribution is -2.17. The molecule has 0 aromatic heterocycles. The van der Waals surface area contributed by atoms with Crippen molar-refractivity contribution in [1.29, 1.82) is 0 Å². The quantitative estimate of drug-likeness (QED) is 0.583. The fourth-order valence-corrected chi connectivity index (χ4v) is 2.36. The van der Waals surface area contributed by atoms with Gasteiger partial charge in [0.2, 0.25) is 0 Å². The topological polar surface area (TPSA) is 41.5 Å². The molecular formula is C16H12Br2N2O. The Morgan fingerprint density at radius 3 is 2.57 bits per heavy atom. The fraction of sp³-hybridized carbons (Fsp3) is 0. The van der Waals surface area contributed by atoms with Crippen molar-refractivity contribution >= 4 is 50.1 Å². The smallest absolute Gasteiger partial charge is 0.267 e. The zero-order valence-corrected chi connectivity index (χ0v) is 14.1. The van der Waals surface area contributed by atoms with E-state index in [1.807, 2.05) is 42.5 Å². The van der Waals surface area contributed by atoms with E-state index in [-0.39, 0.29) is 5.91 Å². The van der Waals surface area contributed by atoms with Crippen molar-refractivity contribution < 1.29 is 4.79 Å². The molecule has 0 aliphatic rings. The monoisotopic (exact) mass is 406 g/mol. The number of benzene rings is 2. The van der Waals surface area contributed by atoms with Gasteiger partial charge in [0.05, 0.1) is 6.21 Å². The fourth-order valence-electron chi connectivity index (χ4n) is 1.59. The van der Waals surface area contributed by atoms with Gasteiger partial charge in [0.25, 0.3) is 5.91 Å². The molecule has 21 heavy (non-hydrogen) atoms. The lowest BCUT2D eigenvalue weighted by molar-refractivity contribution is 0.0955. The average Bonchev–Trinajstić information content (AvgIpc) is 2.48. The van der Waals surface area contributed by atoms with Crippen molar-refractivity contribution in [1.82, 2.24) is 5.43 Å². The van der Waals surface area contributed by atoms with E-state index < -0.39 is 0 Å². The molecule has 106 valence electrons. The second kappa shape index (κ2) is 7.90. The number of amides is 1. The molecule has 0 aliphatic heterocycles. The summed E-state index contributed by atoms with van der Waals surface area (Å²) in [6.45, 7) is 0. The van der Waals surface area contributed by atoms with Gasteiger partial charge in [-0.25, -0.2) is 5.43 Å². The van der Waals surface area contributed by atoms with Gasteiger partial charge >= 0.3 is 0 Å². The SMILES string of the molecule is O=C(NN=CC(Br)=Cc1ccccc1)c1cccc(Br)c1. The van der Waals surface area contributed by atoms with Gasteiger partial charge in [0, 0.05) is 14.5 Å². The zero-order valence-electron chi connectivity index (χ0n) is 11.0. The van der Waals surface area contributed by atoms with Crippen LogP contribution >= 0.6 is 31.9 Å². The number of allylic oxidation sites excluding steroid dienone is 1. The summed E-state index contributed by atoms with van der Waals surface area (Å²) in [4.78, 5) is 11.9. The first-order chi connectivity index (χ1) is 10.1. The maximum Gasteiger partial charge on any atom is 0.271 e. The molecule has 0 fully saturated rings. The third kappa shape index (κ3) is 5.28. The Morgan fingerprint density at radius 1 is 1.10 bits per heavy atom. The number of nitrogens with one attached hydrogen (secondary N) is 1. The molecule has 2 aromatic rings. The highest BCUT2D eigenvalue weighted by molar-refractivity contribution is 9.12. The van der Waals surface area contributed by atoms with Gasteiger partial charge in [-0.2, -0.15) is 5.10 Å². The largest absolute Gasteiger partial charge is 0.271 e. The number of halogens is 2. The molecule has 2 aromatic carbocycles. The van der Waals surface area contributed by atoms with Gasteiger partial charge < -0.3 is 0 Å². The number of rotatable bonds is 4. The number of nitrogens with zero attached hydrogens (tertiary/aromatic N) is 1. The molecule has 0 atom stereocenters. The molecule has 0 unspecified atom stereocenters. The van der Waals surface area contributed by atoms with Gasteiger partial charge in [-0.1, -0.05) is 52.3 Å². The lowest BCUT2D eigenvalue weighted by Gasteiger charge is -2.00. The van der Waals surface area contributed by atoms with Crippen LogP contribution in [0.15, 0.2) is 68.7 Å².